The van der Waals surface area contributed by atoms with Crippen molar-refractivity contribution in [2.75, 3.05) is 52.4 Å². The van der Waals surface area contributed by atoms with Gasteiger partial charge in [0, 0.05) is 0 Å². The molecule has 0 aromatic heterocycles. The van der Waals surface area contributed by atoms with Gasteiger partial charge in [0.2, 0.25) is 0 Å². The summed E-state index contributed by atoms with van der Waals surface area (Å²) in [5, 5.41) is 0. The normalized spacial score (nSPS) is 12.6. The van der Waals surface area contributed by atoms with Gasteiger partial charge in [0.15, 0.2) is 0 Å². The van der Waals surface area contributed by atoms with E-state index in [1.54, 1.807) is 0 Å². The summed E-state index contributed by atoms with van der Waals surface area (Å²) >= 11 is 0. The van der Waals surface area contributed by atoms with Crippen LogP contribution in [0.2, 0.25) is 0 Å². The molecule has 0 radical (unpaired) electrons. The van der Waals surface area contributed by atoms with Crippen molar-refractivity contribution in [3.05, 3.63) is 0 Å². The monoisotopic (exact) mass is 426 g/mol. The largest absolute Gasteiger partial charge is 0.324 e. The van der Waals surface area contributed by atoms with Gasteiger partial charge in [-0.15, -0.1) is 0 Å². The van der Waals surface area contributed by atoms with Gasteiger partial charge in [-0.25, -0.2) is 0 Å². The van der Waals surface area contributed by atoms with Gasteiger partial charge in [-0.2, -0.15) is 0 Å². The first-order valence-electron chi connectivity index (χ1n) is 14.3. The average molecular weight is 427 g/mol. The van der Waals surface area contributed by atoms with Crippen LogP contribution >= 0.6 is 0 Å². The Morgan fingerprint density at radius 1 is 0.267 bits per heavy atom. The summed E-state index contributed by atoms with van der Waals surface area (Å²) in [6.07, 6.45) is 19.5. The van der Waals surface area contributed by atoms with E-state index in [9.17, 15) is 0 Å². The van der Waals surface area contributed by atoms with Crippen LogP contribution in [0.3, 0.4) is 0 Å². The van der Waals surface area contributed by atoms with Crippen molar-refractivity contribution < 1.29 is 8.97 Å². The molecule has 0 saturated heterocycles. The summed E-state index contributed by atoms with van der Waals surface area (Å²) in [5.74, 6) is 0. The molecule has 0 aromatic carbocycles. The number of unbranched alkanes of at least 4 members (excludes halogenated alkanes) is 7. The minimum absolute atomic E-state index is 1.35. The number of rotatable bonds is 23. The minimum atomic E-state index is 1.35. The molecule has 0 bridgehead atoms. The van der Waals surface area contributed by atoms with Crippen molar-refractivity contribution in [3.63, 3.8) is 0 Å². The van der Waals surface area contributed by atoms with Gasteiger partial charge in [0.25, 0.3) is 0 Å². The molecular weight excluding hydrogens is 364 g/mol. The standard InChI is InChI=1S/C28H62N2/c1-7-13-23-29(21-11-5,24-14-8-2)27-19-17-18-20-28-30(22-12-6,25-15-9-3)26-16-10-4/h7-28H2,1-6H3/q+2. The SMILES string of the molecule is CCCC[N+](CCC)(CCCC)CCCCCC[N+](CCC)(CCCC)CCCC. The fourth-order valence-electron chi connectivity index (χ4n) is 5.51. The summed E-state index contributed by atoms with van der Waals surface area (Å²) in [6, 6.07) is 0. The van der Waals surface area contributed by atoms with Crippen molar-refractivity contribution in [1.82, 2.24) is 0 Å². The predicted molar refractivity (Wildman–Crippen MR) is 138 cm³/mol. The lowest BCUT2D eigenvalue weighted by atomic mass is 10.1. The molecule has 0 amide bonds. The van der Waals surface area contributed by atoms with Crippen LogP contribution in [0.4, 0.5) is 0 Å². The van der Waals surface area contributed by atoms with Crippen molar-refractivity contribution >= 4 is 0 Å². The molecule has 0 atom stereocenters. The number of hydrogen-bond acceptors (Lipinski definition) is 0. The van der Waals surface area contributed by atoms with E-state index in [1.807, 2.05) is 0 Å². The third-order valence-electron chi connectivity index (χ3n) is 7.35. The molecule has 0 fully saturated rings. The van der Waals surface area contributed by atoms with E-state index in [4.69, 9.17) is 0 Å². The molecule has 0 aliphatic carbocycles. The molecule has 0 N–H and O–H groups in total. The highest BCUT2D eigenvalue weighted by Gasteiger charge is 2.26. The summed E-state index contributed by atoms with van der Waals surface area (Å²) in [7, 11) is 0. The van der Waals surface area contributed by atoms with E-state index in [-0.39, 0.29) is 0 Å². The van der Waals surface area contributed by atoms with E-state index in [0.29, 0.717) is 0 Å². The molecule has 182 valence electrons. The second-order valence-electron chi connectivity index (χ2n) is 10.3. The first kappa shape index (κ1) is 29.9. The summed E-state index contributed by atoms with van der Waals surface area (Å²) in [4.78, 5) is 0. The van der Waals surface area contributed by atoms with E-state index < -0.39 is 0 Å². The quantitative estimate of drug-likeness (QED) is 0.114. The van der Waals surface area contributed by atoms with Crippen LogP contribution in [0.1, 0.15) is 131 Å². The molecule has 0 spiro atoms. The van der Waals surface area contributed by atoms with Crippen LogP contribution in [0.15, 0.2) is 0 Å². The number of quaternary nitrogens is 2. The maximum Gasteiger partial charge on any atom is 0.0786 e. The summed E-state index contributed by atoms with van der Waals surface area (Å²) in [6.45, 7) is 25.6. The first-order valence-corrected chi connectivity index (χ1v) is 14.3. The molecular formula is C28H62N2+2. The smallest absolute Gasteiger partial charge is 0.0786 e. The molecule has 0 aromatic rings. The van der Waals surface area contributed by atoms with Crippen molar-refractivity contribution in [3.8, 4) is 0 Å². The van der Waals surface area contributed by atoms with E-state index >= 15 is 0 Å². The second-order valence-corrected chi connectivity index (χ2v) is 10.3. The maximum atomic E-state index is 2.39. The lowest BCUT2D eigenvalue weighted by Gasteiger charge is -2.40. The Morgan fingerprint density at radius 3 is 0.767 bits per heavy atom. The number of nitrogens with zero attached hydrogens (tertiary/aromatic N) is 2. The van der Waals surface area contributed by atoms with Gasteiger partial charge < -0.3 is 8.97 Å². The Balaban J connectivity index is 4.59. The van der Waals surface area contributed by atoms with Gasteiger partial charge in [-0.05, 0) is 64.2 Å². The molecule has 2 heteroatoms. The van der Waals surface area contributed by atoms with E-state index in [1.165, 1.54) is 151 Å². The van der Waals surface area contributed by atoms with Gasteiger partial charge in [-0.3, -0.25) is 0 Å². The fraction of sp³-hybridized carbons (Fsp3) is 1.00. The van der Waals surface area contributed by atoms with Crippen molar-refractivity contribution in [1.29, 1.82) is 0 Å². The zero-order valence-electron chi connectivity index (χ0n) is 22.5. The Morgan fingerprint density at radius 2 is 0.533 bits per heavy atom. The fourth-order valence-corrected chi connectivity index (χ4v) is 5.51. The Hall–Kier alpha value is -0.0800. The molecule has 0 unspecified atom stereocenters. The van der Waals surface area contributed by atoms with Crippen LogP contribution in [0.25, 0.3) is 0 Å². The lowest BCUT2D eigenvalue weighted by molar-refractivity contribution is -0.929. The summed E-state index contributed by atoms with van der Waals surface area (Å²) in [5.41, 5.74) is 0. The lowest BCUT2D eigenvalue weighted by Crippen LogP contribution is -2.51. The molecule has 30 heavy (non-hydrogen) atoms. The second kappa shape index (κ2) is 19.6. The Bertz CT molecular complexity index is 303. The molecule has 0 aliphatic rings. The van der Waals surface area contributed by atoms with Crippen LogP contribution in [0.5, 0.6) is 0 Å². The molecule has 0 saturated carbocycles. The molecule has 0 rings (SSSR count). The highest BCUT2D eigenvalue weighted by atomic mass is 15.4. The maximum absolute atomic E-state index is 2.39. The zero-order valence-corrected chi connectivity index (χ0v) is 22.5. The van der Waals surface area contributed by atoms with Crippen molar-refractivity contribution in [2.45, 2.75) is 131 Å². The van der Waals surface area contributed by atoms with E-state index in [2.05, 4.69) is 41.5 Å². The van der Waals surface area contributed by atoms with Crippen LogP contribution < -0.4 is 0 Å². The highest BCUT2D eigenvalue weighted by molar-refractivity contribution is 4.53. The van der Waals surface area contributed by atoms with Gasteiger partial charge in [0.1, 0.15) is 0 Å². The van der Waals surface area contributed by atoms with Crippen LogP contribution in [0, 0.1) is 0 Å². The molecule has 0 aliphatic heterocycles. The molecule has 2 nitrogen and oxygen atoms in total. The minimum Gasteiger partial charge on any atom is -0.324 e. The van der Waals surface area contributed by atoms with Gasteiger partial charge in [-0.1, -0.05) is 67.2 Å². The van der Waals surface area contributed by atoms with Crippen molar-refractivity contribution in [2.24, 2.45) is 0 Å². The Labute approximate surface area is 193 Å². The highest BCUT2D eigenvalue weighted by Crippen LogP contribution is 2.19. The topological polar surface area (TPSA) is 0 Å². The van der Waals surface area contributed by atoms with Crippen LogP contribution in [-0.2, 0) is 0 Å². The average Bonchev–Trinajstić information content (AvgIpc) is 2.75. The Kier molecular flexibility index (Phi) is 19.5. The zero-order chi connectivity index (χ0) is 22.6. The predicted octanol–water partition coefficient (Wildman–Crippen LogP) is 8.20. The van der Waals surface area contributed by atoms with E-state index in [0.717, 1.165) is 0 Å². The summed E-state index contributed by atoms with van der Waals surface area (Å²) < 4.78 is 2.84. The first-order chi connectivity index (χ1) is 14.6. The molecule has 0 heterocycles. The van der Waals surface area contributed by atoms with Gasteiger partial charge in [0.05, 0.1) is 52.4 Å². The number of hydrogen-bond donors (Lipinski definition) is 0. The third-order valence-corrected chi connectivity index (χ3v) is 7.35. The van der Waals surface area contributed by atoms with Gasteiger partial charge >= 0.3 is 0 Å². The third kappa shape index (κ3) is 13.4. The van der Waals surface area contributed by atoms with Crippen LogP contribution in [-0.4, -0.2) is 61.3 Å².